The fourth-order valence-corrected chi connectivity index (χ4v) is 1.44. The van der Waals surface area contributed by atoms with Crippen LogP contribution in [0.1, 0.15) is 16.8 Å². The van der Waals surface area contributed by atoms with Crippen molar-refractivity contribution in [2.75, 3.05) is 20.1 Å². The van der Waals surface area contributed by atoms with Gasteiger partial charge < -0.3 is 4.90 Å². The van der Waals surface area contributed by atoms with Crippen molar-refractivity contribution in [3.05, 3.63) is 35.6 Å². The van der Waals surface area contributed by atoms with E-state index in [1.54, 1.807) is 6.07 Å². The number of Topliss-reactive ketones (excluding diaryl/α,β-unsaturated/α-hetero) is 1. The number of carbonyl (C=O) groups excluding carboxylic acids is 1. The lowest BCUT2D eigenvalue weighted by Crippen LogP contribution is -2.27. The van der Waals surface area contributed by atoms with Crippen LogP contribution in [0.2, 0.25) is 0 Å². The summed E-state index contributed by atoms with van der Waals surface area (Å²) in [4.78, 5) is 13.0. The SMILES string of the molecule is CN(CCC(=O)c1ccccc1F)CC(F)F. The highest BCUT2D eigenvalue weighted by Crippen LogP contribution is 2.09. The van der Waals surface area contributed by atoms with Crippen molar-refractivity contribution in [1.82, 2.24) is 4.90 Å². The lowest BCUT2D eigenvalue weighted by molar-refractivity contribution is 0.0878. The van der Waals surface area contributed by atoms with Gasteiger partial charge in [-0.1, -0.05) is 12.1 Å². The third kappa shape index (κ3) is 4.56. The smallest absolute Gasteiger partial charge is 0.251 e. The molecular formula is C12H14F3NO. The Balaban J connectivity index is 2.48. The van der Waals surface area contributed by atoms with Crippen LogP contribution in [0.15, 0.2) is 24.3 Å². The molecule has 0 saturated carbocycles. The molecule has 2 nitrogen and oxygen atoms in total. The minimum Gasteiger partial charge on any atom is -0.300 e. The van der Waals surface area contributed by atoms with Gasteiger partial charge in [-0.3, -0.25) is 4.79 Å². The predicted molar refractivity (Wildman–Crippen MR) is 58.8 cm³/mol. The van der Waals surface area contributed by atoms with Crippen LogP contribution in [0.3, 0.4) is 0 Å². The third-order valence-electron chi connectivity index (χ3n) is 2.34. The fraction of sp³-hybridized carbons (Fsp3) is 0.417. The van der Waals surface area contributed by atoms with Crippen LogP contribution in [-0.2, 0) is 0 Å². The van der Waals surface area contributed by atoms with Crippen molar-refractivity contribution >= 4 is 5.78 Å². The Morgan fingerprint density at radius 1 is 1.35 bits per heavy atom. The first-order valence-electron chi connectivity index (χ1n) is 5.25. The fourth-order valence-electron chi connectivity index (χ4n) is 1.44. The van der Waals surface area contributed by atoms with E-state index in [2.05, 4.69) is 0 Å². The van der Waals surface area contributed by atoms with Crippen LogP contribution in [-0.4, -0.2) is 37.2 Å². The lowest BCUT2D eigenvalue weighted by atomic mass is 10.1. The van der Waals surface area contributed by atoms with Crippen LogP contribution >= 0.6 is 0 Å². The first-order chi connectivity index (χ1) is 8.00. The van der Waals surface area contributed by atoms with Crippen molar-refractivity contribution < 1.29 is 18.0 Å². The first-order valence-corrected chi connectivity index (χ1v) is 5.25. The monoisotopic (exact) mass is 245 g/mol. The number of alkyl halides is 2. The van der Waals surface area contributed by atoms with E-state index in [9.17, 15) is 18.0 Å². The summed E-state index contributed by atoms with van der Waals surface area (Å²) >= 11 is 0. The van der Waals surface area contributed by atoms with E-state index >= 15 is 0 Å². The van der Waals surface area contributed by atoms with E-state index in [4.69, 9.17) is 0 Å². The van der Waals surface area contributed by atoms with Gasteiger partial charge in [-0.25, -0.2) is 13.2 Å². The number of hydrogen-bond acceptors (Lipinski definition) is 2. The van der Waals surface area contributed by atoms with Crippen molar-refractivity contribution in [3.8, 4) is 0 Å². The quantitative estimate of drug-likeness (QED) is 0.718. The molecule has 1 aromatic carbocycles. The highest BCUT2D eigenvalue weighted by atomic mass is 19.3. The molecule has 0 amide bonds. The van der Waals surface area contributed by atoms with E-state index in [0.29, 0.717) is 0 Å². The second kappa shape index (κ2) is 6.39. The maximum absolute atomic E-state index is 13.2. The Bertz CT molecular complexity index is 382. The zero-order valence-corrected chi connectivity index (χ0v) is 9.50. The maximum atomic E-state index is 13.2. The number of rotatable bonds is 6. The normalized spacial score (nSPS) is 11.2. The number of halogens is 3. The average Bonchev–Trinajstić information content (AvgIpc) is 2.25. The van der Waals surface area contributed by atoms with Crippen LogP contribution in [0.25, 0.3) is 0 Å². The van der Waals surface area contributed by atoms with Crippen LogP contribution < -0.4 is 0 Å². The molecule has 94 valence electrons. The van der Waals surface area contributed by atoms with Crippen molar-refractivity contribution in [3.63, 3.8) is 0 Å². The number of ketones is 1. The van der Waals surface area contributed by atoms with Crippen LogP contribution in [0.5, 0.6) is 0 Å². The molecule has 0 heterocycles. The highest BCUT2D eigenvalue weighted by molar-refractivity contribution is 5.96. The first kappa shape index (κ1) is 13.7. The summed E-state index contributed by atoms with van der Waals surface area (Å²) < 4.78 is 37.2. The molecule has 0 aliphatic rings. The van der Waals surface area contributed by atoms with Crippen molar-refractivity contribution in [2.24, 2.45) is 0 Å². The molecule has 0 saturated heterocycles. The molecule has 0 atom stereocenters. The van der Waals surface area contributed by atoms with E-state index in [1.807, 2.05) is 0 Å². The van der Waals surface area contributed by atoms with Crippen LogP contribution in [0, 0.1) is 5.82 Å². The summed E-state index contributed by atoms with van der Waals surface area (Å²) in [5.74, 6) is -0.946. The molecule has 1 aromatic rings. The van der Waals surface area contributed by atoms with Crippen LogP contribution in [0.4, 0.5) is 13.2 Å². The largest absolute Gasteiger partial charge is 0.300 e. The second-order valence-corrected chi connectivity index (χ2v) is 3.81. The Morgan fingerprint density at radius 2 is 2.00 bits per heavy atom. The summed E-state index contributed by atoms with van der Waals surface area (Å²) in [7, 11) is 1.50. The van der Waals surface area contributed by atoms with Crippen molar-refractivity contribution in [1.29, 1.82) is 0 Å². The minimum atomic E-state index is -2.43. The van der Waals surface area contributed by atoms with E-state index in [-0.39, 0.29) is 30.9 Å². The molecule has 0 radical (unpaired) electrons. The Labute approximate surface area is 98.0 Å². The molecule has 0 spiro atoms. The molecule has 0 bridgehead atoms. The molecule has 0 fully saturated rings. The Hall–Kier alpha value is -1.36. The van der Waals surface area contributed by atoms with E-state index < -0.39 is 12.2 Å². The van der Waals surface area contributed by atoms with Gasteiger partial charge >= 0.3 is 0 Å². The number of carbonyl (C=O) groups is 1. The minimum absolute atomic E-state index is 0.0120. The molecule has 0 aliphatic carbocycles. The van der Waals surface area contributed by atoms with Gasteiger partial charge in [-0.15, -0.1) is 0 Å². The van der Waals surface area contributed by atoms with Gasteiger partial charge in [0.05, 0.1) is 12.1 Å². The molecular weight excluding hydrogens is 231 g/mol. The van der Waals surface area contributed by atoms with Gasteiger partial charge in [0.25, 0.3) is 6.43 Å². The van der Waals surface area contributed by atoms with Gasteiger partial charge in [0.2, 0.25) is 0 Å². The molecule has 1 rings (SSSR count). The number of nitrogens with zero attached hydrogens (tertiary/aromatic N) is 1. The average molecular weight is 245 g/mol. The molecule has 0 N–H and O–H groups in total. The zero-order chi connectivity index (χ0) is 12.8. The van der Waals surface area contributed by atoms with Gasteiger partial charge in [-0.2, -0.15) is 0 Å². The Morgan fingerprint density at radius 3 is 2.59 bits per heavy atom. The second-order valence-electron chi connectivity index (χ2n) is 3.81. The molecule has 0 aliphatic heterocycles. The van der Waals surface area contributed by atoms with Gasteiger partial charge in [-0.05, 0) is 19.2 Å². The molecule has 17 heavy (non-hydrogen) atoms. The predicted octanol–water partition coefficient (Wildman–Crippen LogP) is 2.60. The lowest BCUT2D eigenvalue weighted by Gasteiger charge is -2.15. The molecule has 5 heteroatoms. The standard InChI is InChI=1S/C12H14F3NO/c1-16(8-12(14)15)7-6-11(17)9-4-2-3-5-10(9)13/h2-5,12H,6-8H2,1H3. The zero-order valence-electron chi connectivity index (χ0n) is 9.50. The van der Waals surface area contributed by atoms with Gasteiger partial charge in [0, 0.05) is 13.0 Å². The summed E-state index contributed by atoms with van der Waals surface area (Å²) in [6.45, 7) is -0.192. The maximum Gasteiger partial charge on any atom is 0.251 e. The molecule has 0 unspecified atom stereocenters. The van der Waals surface area contributed by atoms with E-state index in [1.165, 1.54) is 30.1 Å². The summed E-state index contributed by atoms with van der Waals surface area (Å²) in [5.41, 5.74) is 0.0120. The van der Waals surface area contributed by atoms with Gasteiger partial charge in [0.15, 0.2) is 5.78 Å². The summed E-state index contributed by atoms with van der Waals surface area (Å²) in [5, 5.41) is 0. The van der Waals surface area contributed by atoms with E-state index in [0.717, 1.165) is 0 Å². The van der Waals surface area contributed by atoms with Gasteiger partial charge in [0.1, 0.15) is 5.82 Å². The Kier molecular flexibility index (Phi) is 5.15. The topological polar surface area (TPSA) is 20.3 Å². The molecule has 0 aromatic heterocycles. The highest BCUT2D eigenvalue weighted by Gasteiger charge is 2.13. The number of benzene rings is 1. The third-order valence-corrected chi connectivity index (χ3v) is 2.34. The summed E-state index contributed by atoms with van der Waals surface area (Å²) in [6, 6.07) is 5.66. The summed E-state index contributed by atoms with van der Waals surface area (Å²) in [6.07, 6.45) is -2.40. The van der Waals surface area contributed by atoms with Crippen molar-refractivity contribution in [2.45, 2.75) is 12.8 Å². The number of hydrogen-bond donors (Lipinski definition) is 0.